The summed E-state index contributed by atoms with van der Waals surface area (Å²) in [5, 5.41) is 8.21. The van der Waals surface area contributed by atoms with Gasteiger partial charge in [-0.25, -0.2) is 0 Å². The molecule has 0 unspecified atom stereocenters. The van der Waals surface area contributed by atoms with Gasteiger partial charge in [-0.15, -0.1) is 0 Å². The molecule has 12 heavy (non-hydrogen) atoms. The molecule has 0 aromatic rings. The second-order valence-corrected chi connectivity index (χ2v) is 2.16. The molecular formula is C9H18N2O. The van der Waals surface area contributed by atoms with Gasteiger partial charge in [-0.2, -0.15) is 5.26 Å². The molecule has 0 aromatic carbocycles. The SMILES string of the molecule is CC.CCCC(=O)N(C)CC#N. The highest BCUT2D eigenvalue weighted by Crippen LogP contribution is 1.92. The molecule has 0 aliphatic rings. The van der Waals surface area contributed by atoms with Crippen molar-refractivity contribution in [2.45, 2.75) is 33.6 Å². The Labute approximate surface area is 75.0 Å². The maximum atomic E-state index is 10.9. The van der Waals surface area contributed by atoms with Gasteiger partial charge >= 0.3 is 0 Å². The Bertz CT molecular complexity index is 149. The number of carbonyl (C=O) groups excluding carboxylic acids is 1. The van der Waals surface area contributed by atoms with Crippen LogP contribution in [0.5, 0.6) is 0 Å². The first-order valence-corrected chi connectivity index (χ1v) is 4.33. The fraction of sp³-hybridized carbons (Fsp3) is 0.778. The van der Waals surface area contributed by atoms with Crippen LogP contribution in [0.1, 0.15) is 33.6 Å². The molecule has 0 aromatic heterocycles. The van der Waals surface area contributed by atoms with Gasteiger partial charge < -0.3 is 4.90 Å². The first-order chi connectivity index (χ1) is 5.72. The van der Waals surface area contributed by atoms with Gasteiger partial charge in [-0.05, 0) is 6.42 Å². The monoisotopic (exact) mass is 170 g/mol. The van der Waals surface area contributed by atoms with Crippen molar-refractivity contribution in [2.75, 3.05) is 13.6 Å². The van der Waals surface area contributed by atoms with E-state index in [9.17, 15) is 4.79 Å². The number of nitrogens with zero attached hydrogens (tertiary/aromatic N) is 2. The van der Waals surface area contributed by atoms with Crippen molar-refractivity contribution in [3.8, 4) is 6.07 Å². The smallest absolute Gasteiger partial charge is 0.223 e. The standard InChI is InChI=1S/C7H12N2O.C2H6/c1-3-4-7(10)9(2)6-5-8;1-2/h3-4,6H2,1-2H3;1-2H3. The Morgan fingerprint density at radius 2 is 2.00 bits per heavy atom. The summed E-state index contributed by atoms with van der Waals surface area (Å²) in [6, 6.07) is 1.91. The summed E-state index contributed by atoms with van der Waals surface area (Å²) in [7, 11) is 1.64. The molecule has 0 heterocycles. The molecule has 0 saturated heterocycles. The van der Waals surface area contributed by atoms with E-state index in [1.165, 1.54) is 4.90 Å². The molecule has 0 saturated carbocycles. The molecule has 0 fully saturated rings. The predicted octanol–water partition coefficient (Wildman–Crippen LogP) is 1.79. The highest BCUT2D eigenvalue weighted by molar-refractivity contribution is 5.75. The van der Waals surface area contributed by atoms with E-state index in [-0.39, 0.29) is 12.5 Å². The Balaban J connectivity index is 0. The third kappa shape index (κ3) is 7.07. The zero-order valence-corrected chi connectivity index (χ0v) is 8.42. The van der Waals surface area contributed by atoms with E-state index < -0.39 is 0 Å². The Hall–Kier alpha value is -1.04. The molecule has 0 N–H and O–H groups in total. The Morgan fingerprint density at radius 1 is 1.50 bits per heavy atom. The number of carbonyl (C=O) groups is 1. The molecule has 3 nitrogen and oxygen atoms in total. The van der Waals surface area contributed by atoms with Crippen LogP contribution in [0, 0.1) is 11.3 Å². The third-order valence-corrected chi connectivity index (χ3v) is 1.20. The van der Waals surface area contributed by atoms with Gasteiger partial charge in [0, 0.05) is 13.5 Å². The van der Waals surface area contributed by atoms with Crippen molar-refractivity contribution in [1.29, 1.82) is 5.26 Å². The molecule has 0 rings (SSSR count). The molecule has 0 aliphatic carbocycles. The van der Waals surface area contributed by atoms with E-state index in [1.807, 2.05) is 26.8 Å². The normalized spacial score (nSPS) is 7.58. The van der Waals surface area contributed by atoms with Crippen LogP contribution in [0.4, 0.5) is 0 Å². The molecule has 0 atom stereocenters. The summed E-state index contributed by atoms with van der Waals surface area (Å²) in [6.45, 7) is 6.14. The van der Waals surface area contributed by atoms with E-state index in [0.717, 1.165) is 6.42 Å². The largest absolute Gasteiger partial charge is 0.332 e. The van der Waals surface area contributed by atoms with Gasteiger partial charge in [-0.1, -0.05) is 20.8 Å². The molecule has 1 amide bonds. The van der Waals surface area contributed by atoms with Crippen LogP contribution in [0.15, 0.2) is 0 Å². The summed E-state index contributed by atoms with van der Waals surface area (Å²) >= 11 is 0. The van der Waals surface area contributed by atoms with Crippen molar-refractivity contribution < 1.29 is 4.79 Å². The Kier molecular flexibility index (Phi) is 11.2. The minimum Gasteiger partial charge on any atom is -0.332 e. The molecule has 0 radical (unpaired) electrons. The number of nitriles is 1. The van der Waals surface area contributed by atoms with Gasteiger partial charge in [0.05, 0.1) is 6.07 Å². The van der Waals surface area contributed by atoms with Gasteiger partial charge in [0.1, 0.15) is 6.54 Å². The summed E-state index contributed by atoms with van der Waals surface area (Å²) in [5.41, 5.74) is 0. The minimum absolute atomic E-state index is 0.0454. The van der Waals surface area contributed by atoms with Crippen LogP contribution >= 0.6 is 0 Å². The summed E-state index contributed by atoms with van der Waals surface area (Å²) < 4.78 is 0. The lowest BCUT2D eigenvalue weighted by Gasteiger charge is -2.11. The maximum Gasteiger partial charge on any atom is 0.223 e. The van der Waals surface area contributed by atoms with E-state index >= 15 is 0 Å². The summed E-state index contributed by atoms with van der Waals surface area (Å²) in [4.78, 5) is 12.3. The van der Waals surface area contributed by atoms with Crippen LogP contribution in [0.2, 0.25) is 0 Å². The zero-order chi connectivity index (χ0) is 9.98. The number of amides is 1. The number of rotatable bonds is 3. The quantitative estimate of drug-likeness (QED) is 0.606. The van der Waals surface area contributed by atoms with E-state index in [4.69, 9.17) is 5.26 Å². The topological polar surface area (TPSA) is 44.1 Å². The molecule has 0 spiro atoms. The van der Waals surface area contributed by atoms with Gasteiger partial charge in [0.25, 0.3) is 0 Å². The second-order valence-electron chi connectivity index (χ2n) is 2.16. The fourth-order valence-electron chi connectivity index (χ4n) is 0.599. The van der Waals surface area contributed by atoms with Crippen LogP contribution < -0.4 is 0 Å². The van der Waals surface area contributed by atoms with Crippen LogP contribution in [-0.2, 0) is 4.79 Å². The first-order valence-electron chi connectivity index (χ1n) is 4.33. The molecular weight excluding hydrogens is 152 g/mol. The predicted molar refractivity (Wildman–Crippen MR) is 49.5 cm³/mol. The molecule has 0 bridgehead atoms. The van der Waals surface area contributed by atoms with Crippen LogP contribution in [0.25, 0.3) is 0 Å². The molecule has 3 heteroatoms. The third-order valence-electron chi connectivity index (χ3n) is 1.20. The van der Waals surface area contributed by atoms with Crippen molar-refractivity contribution in [3.05, 3.63) is 0 Å². The lowest BCUT2D eigenvalue weighted by atomic mass is 10.3. The Morgan fingerprint density at radius 3 is 2.33 bits per heavy atom. The lowest BCUT2D eigenvalue weighted by Crippen LogP contribution is -2.26. The highest BCUT2D eigenvalue weighted by atomic mass is 16.2. The van der Waals surface area contributed by atoms with Crippen molar-refractivity contribution >= 4 is 5.91 Å². The minimum atomic E-state index is 0.0454. The second kappa shape index (κ2) is 9.96. The summed E-state index contributed by atoms with van der Waals surface area (Å²) in [5.74, 6) is 0.0454. The van der Waals surface area contributed by atoms with Gasteiger partial charge in [-0.3, -0.25) is 4.79 Å². The van der Waals surface area contributed by atoms with Crippen LogP contribution in [0.3, 0.4) is 0 Å². The van der Waals surface area contributed by atoms with Gasteiger partial charge in [0.15, 0.2) is 0 Å². The maximum absolute atomic E-state index is 10.9. The number of hydrogen-bond acceptors (Lipinski definition) is 2. The van der Waals surface area contributed by atoms with Crippen LogP contribution in [-0.4, -0.2) is 24.4 Å². The summed E-state index contributed by atoms with van der Waals surface area (Å²) in [6.07, 6.45) is 1.38. The van der Waals surface area contributed by atoms with Crippen molar-refractivity contribution in [2.24, 2.45) is 0 Å². The fourth-order valence-corrected chi connectivity index (χ4v) is 0.599. The molecule has 0 aliphatic heterocycles. The average Bonchev–Trinajstić information content (AvgIpc) is 2.09. The van der Waals surface area contributed by atoms with Crippen molar-refractivity contribution in [3.63, 3.8) is 0 Å². The first kappa shape index (κ1) is 13.5. The molecule has 70 valence electrons. The average molecular weight is 170 g/mol. The van der Waals surface area contributed by atoms with E-state index in [2.05, 4.69) is 0 Å². The van der Waals surface area contributed by atoms with E-state index in [1.54, 1.807) is 7.05 Å². The lowest BCUT2D eigenvalue weighted by molar-refractivity contribution is -0.129. The zero-order valence-electron chi connectivity index (χ0n) is 8.42. The highest BCUT2D eigenvalue weighted by Gasteiger charge is 2.04. The van der Waals surface area contributed by atoms with Crippen molar-refractivity contribution in [1.82, 2.24) is 4.90 Å². The number of hydrogen-bond donors (Lipinski definition) is 0. The van der Waals surface area contributed by atoms with E-state index in [0.29, 0.717) is 6.42 Å². The van der Waals surface area contributed by atoms with Gasteiger partial charge in [0.2, 0.25) is 5.91 Å².